The van der Waals surface area contributed by atoms with E-state index in [2.05, 4.69) is 14.9 Å². The summed E-state index contributed by atoms with van der Waals surface area (Å²) in [5.41, 5.74) is 3.07. The number of carbonyl (C=O) groups excluding carboxylic acids is 1. The number of aromatic nitrogens is 2. The first kappa shape index (κ1) is 15.1. The first-order valence-electron chi connectivity index (χ1n) is 7.51. The Morgan fingerprint density at radius 3 is 2.65 bits per heavy atom. The van der Waals surface area contributed by atoms with Crippen molar-refractivity contribution in [1.29, 1.82) is 0 Å². The molecule has 1 atom stereocenters. The SMILES string of the molecule is COc1ccc(Cn2c(NC(C)C=O)nc3ccccc32)cc1. The Kier molecular flexibility index (Phi) is 4.28. The number of fused-ring (bicyclic) bond motifs is 1. The van der Waals surface area contributed by atoms with Crippen molar-refractivity contribution >= 4 is 23.3 Å². The number of carbonyl (C=O) groups is 1. The van der Waals surface area contributed by atoms with Crippen LogP contribution >= 0.6 is 0 Å². The van der Waals surface area contributed by atoms with Crippen molar-refractivity contribution < 1.29 is 9.53 Å². The summed E-state index contributed by atoms with van der Waals surface area (Å²) in [5, 5.41) is 3.15. The van der Waals surface area contributed by atoms with E-state index in [1.807, 2.05) is 55.5 Å². The maximum atomic E-state index is 11.0. The van der Waals surface area contributed by atoms with E-state index in [4.69, 9.17) is 4.74 Å². The third-order valence-electron chi connectivity index (χ3n) is 3.72. The molecule has 0 aliphatic rings. The van der Waals surface area contributed by atoms with Crippen molar-refractivity contribution in [3.8, 4) is 5.75 Å². The maximum Gasteiger partial charge on any atom is 0.204 e. The molecule has 1 N–H and O–H groups in total. The van der Waals surface area contributed by atoms with E-state index in [1.54, 1.807) is 7.11 Å². The van der Waals surface area contributed by atoms with E-state index < -0.39 is 0 Å². The van der Waals surface area contributed by atoms with Crippen LogP contribution in [0.25, 0.3) is 11.0 Å². The van der Waals surface area contributed by atoms with Crippen LogP contribution in [0.4, 0.5) is 5.95 Å². The number of imidazole rings is 1. The normalized spacial score (nSPS) is 12.1. The quantitative estimate of drug-likeness (QED) is 0.711. The zero-order chi connectivity index (χ0) is 16.2. The van der Waals surface area contributed by atoms with Gasteiger partial charge in [0.1, 0.15) is 12.0 Å². The van der Waals surface area contributed by atoms with Gasteiger partial charge in [0.15, 0.2) is 0 Å². The smallest absolute Gasteiger partial charge is 0.204 e. The summed E-state index contributed by atoms with van der Waals surface area (Å²) in [7, 11) is 1.65. The Morgan fingerprint density at radius 2 is 1.96 bits per heavy atom. The van der Waals surface area contributed by atoms with E-state index >= 15 is 0 Å². The third-order valence-corrected chi connectivity index (χ3v) is 3.72. The minimum atomic E-state index is -0.290. The number of para-hydroxylation sites is 2. The number of rotatable bonds is 6. The van der Waals surface area contributed by atoms with E-state index in [0.29, 0.717) is 12.5 Å². The summed E-state index contributed by atoms with van der Waals surface area (Å²) >= 11 is 0. The number of anilines is 1. The monoisotopic (exact) mass is 309 g/mol. The van der Waals surface area contributed by atoms with Crippen molar-refractivity contribution in [3.05, 3.63) is 54.1 Å². The van der Waals surface area contributed by atoms with Gasteiger partial charge in [-0.05, 0) is 36.8 Å². The fourth-order valence-corrected chi connectivity index (χ4v) is 2.50. The average molecular weight is 309 g/mol. The van der Waals surface area contributed by atoms with Crippen molar-refractivity contribution in [1.82, 2.24) is 9.55 Å². The predicted molar refractivity (Wildman–Crippen MR) is 91.0 cm³/mol. The second kappa shape index (κ2) is 6.52. The Morgan fingerprint density at radius 1 is 1.22 bits per heavy atom. The number of aldehydes is 1. The van der Waals surface area contributed by atoms with Gasteiger partial charge in [-0.15, -0.1) is 0 Å². The number of nitrogens with one attached hydrogen (secondary N) is 1. The van der Waals surface area contributed by atoms with Crippen molar-refractivity contribution in [2.24, 2.45) is 0 Å². The summed E-state index contributed by atoms with van der Waals surface area (Å²) in [6.45, 7) is 2.47. The third kappa shape index (κ3) is 3.18. The molecule has 3 aromatic rings. The molecule has 1 unspecified atom stereocenters. The highest BCUT2D eigenvalue weighted by atomic mass is 16.5. The van der Waals surface area contributed by atoms with Gasteiger partial charge in [-0.1, -0.05) is 24.3 Å². The van der Waals surface area contributed by atoms with E-state index in [-0.39, 0.29) is 6.04 Å². The highest BCUT2D eigenvalue weighted by Crippen LogP contribution is 2.22. The molecule has 0 amide bonds. The van der Waals surface area contributed by atoms with Crippen LogP contribution in [0, 0.1) is 0 Å². The molecule has 5 nitrogen and oxygen atoms in total. The molecule has 0 saturated heterocycles. The lowest BCUT2D eigenvalue weighted by Crippen LogP contribution is -2.19. The number of nitrogens with zero attached hydrogens (tertiary/aromatic N) is 2. The molecule has 0 bridgehead atoms. The van der Waals surface area contributed by atoms with Gasteiger partial charge >= 0.3 is 0 Å². The molecule has 23 heavy (non-hydrogen) atoms. The van der Waals surface area contributed by atoms with Gasteiger partial charge in [-0.3, -0.25) is 0 Å². The number of hydrogen-bond acceptors (Lipinski definition) is 4. The Hall–Kier alpha value is -2.82. The summed E-state index contributed by atoms with van der Waals surface area (Å²) in [6.07, 6.45) is 0.872. The minimum absolute atomic E-state index is 0.290. The molecule has 118 valence electrons. The molecule has 0 fully saturated rings. The Labute approximate surface area is 134 Å². The maximum absolute atomic E-state index is 11.0. The summed E-state index contributed by atoms with van der Waals surface area (Å²) in [4.78, 5) is 15.5. The highest BCUT2D eigenvalue weighted by Gasteiger charge is 2.12. The highest BCUT2D eigenvalue weighted by molar-refractivity contribution is 5.79. The number of benzene rings is 2. The second-order valence-corrected chi connectivity index (χ2v) is 5.43. The van der Waals surface area contributed by atoms with Crippen LogP contribution in [0.1, 0.15) is 12.5 Å². The molecule has 2 aromatic carbocycles. The number of methoxy groups -OCH3 is 1. The first-order chi connectivity index (χ1) is 11.2. The second-order valence-electron chi connectivity index (χ2n) is 5.43. The number of hydrogen-bond donors (Lipinski definition) is 1. The molecule has 0 spiro atoms. The lowest BCUT2D eigenvalue weighted by molar-refractivity contribution is -0.108. The van der Waals surface area contributed by atoms with Crippen molar-refractivity contribution in [2.75, 3.05) is 12.4 Å². The van der Waals surface area contributed by atoms with E-state index in [9.17, 15) is 4.79 Å². The van der Waals surface area contributed by atoms with Crippen LogP contribution in [0.2, 0.25) is 0 Å². The molecule has 1 aromatic heterocycles. The standard InChI is InChI=1S/C18H19N3O2/c1-13(12-22)19-18-20-16-5-3-4-6-17(16)21(18)11-14-7-9-15(23-2)10-8-14/h3-10,12-13H,11H2,1-2H3,(H,19,20). The zero-order valence-electron chi connectivity index (χ0n) is 13.2. The minimum Gasteiger partial charge on any atom is -0.497 e. The van der Waals surface area contributed by atoms with Crippen molar-refractivity contribution in [3.63, 3.8) is 0 Å². The van der Waals surface area contributed by atoms with Crippen LogP contribution < -0.4 is 10.1 Å². The topological polar surface area (TPSA) is 56.1 Å². The molecule has 0 aliphatic heterocycles. The molecule has 0 aliphatic carbocycles. The van der Waals surface area contributed by atoms with E-state index in [0.717, 1.165) is 28.6 Å². The van der Waals surface area contributed by atoms with Gasteiger partial charge in [0.05, 0.1) is 30.7 Å². The predicted octanol–water partition coefficient (Wildman–Crippen LogP) is 3.09. The summed E-state index contributed by atoms with van der Waals surface area (Å²) in [5.74, 6) is 1.53. The van der Waals surface area contributed by atoms with Crippen LogP contribution in [0.5, 0.6) is 5.75 Å². The molecule has 3 rings (SSSR count). The van der Waals surface area contributed by atoms with Gasteiger partial charge in [0.2, 0.25) is 5.95 Å². The molecular weight excluding hydrogens is 290 g/mol. The zero-order valence-corrected chi connectivity index (χ0v) is 13.2. The van der Waals surface area contributed by atoms with Crippen LogP contribution in [-0.2, 0) is 11.3 Å². The fourth-order valence-electron chi connectivity index (χ4n) is 2.50. The lowest BCUT2D eigenvalue weighted by Gasteiger charge is -2.13. The van der Waals surface area contributed by atoms with Crippen LogP contribution in [-0.4, -0.2) is 29.0 Å². The average Bonchev–Trinajstić information content (AvgIpc) is 2.93. The summed E-state index contributed by atoms with van der Waals surface area (Å²) in [6, 6.07) is 15.6. The molecular formula is C18H19N3O2. The van der Waals surface area contributed by atoms with Gasteiger partial charge in [-0.25, -0.2) is 4.98 Å². The Balaban J connectivity index is 1.99. The summed E-state index contributed by atoms with van der Waals surface area (Å²) < 4.78 is 7.28. The van der Waals surface area contributed by atoms with E-state index in [1.165, 1.54) is 0 Å². The van der Waals surface area contributed by atoms with Gasteiger partial charge in [-0.2, -0.15) is 0 Å². The molecule has 5 heteroatoms. The largest absolute Gasteiger partial charge is 0.497 e. The lowest BCUT2D eigenvalue weighted by atomic mass is 10.2. The van der Waals surface area contributed by atoms with Crippen LogP contribution in [0.15, 0.2) is 48.5 Å². The fraction of sp³-hybridized carbons (Fsp3) is 0.222. The molecule has 0 radical (unpaired) electrons. The molecule has 0 saturated carbocycles. The number of ether oxygens (including phenoxy) is 1. The first-order valence-corrected chi connectivity index (χ1v) is 7.51. The van der Waals surface area contributed by atoms with Gasteiger partial charge in [0, 0.05) is 0 Å². The Bertz CT molecular complexity index is 809. The van der Waals surface area contributed by atoms with Crippen molar-refractivity contribution in [2.45, 2.75) is 19.5 Å². The van der Waals surface area contributed by atoms with Gasteiger partial charge < -0.3 is 19.4 Å². The van der Waals surface area contributed by atoms with Gasteiger partial charge in [0.25, 0.3) is 0 Å². The molecule has 1 heterocycles. The van der Waals surface area contributed by atoms with Crippen LogP contribution in [0.3, 0.4) is 0 Å².